The maximum absolute atomic E-state index is 11.7. The molecule has 2 rings (SSSR count). The molecule has 1 aromatic carbocycles. The Labute approximate surface area is 133 Å². The van der Waals surface area contributed by atoms with Crippen LogP contribution in [0.2, 0.25) is 5.02 Å². The lowest BCUT2D eigenvalue weighted by molar-refractivity contribution is -0.116. The highest BCUT2D eigenvalue weighted by Crippen LogP contribution is 2.25. The summed E-state index contributed by atoms with van der Waals surface area (Å²) >= 11 is 6.18. The average Bonchev–Trinajstić information content (AvgIpc) is 2.50. The number of hydrogen-bond acceptors (Lipinski definition) is 3. The van der Waals surface area contributed by atoms with E-state index in [1.165, 1.54) is 18.5 Å². The van der Waals surface area contributed by atoms with Crippen LogP contribution in [-0.4, -0.2) is 15.6 Å². The number of anilines is 1. The number of unbranched alkanes of at least 4 members (excludes halogenated alkanes) is 1. The van der Waals surface area contributed by atoms with Gasteiger partial charge in [0.05, 0.1) is 16.9 Å². The van der Waals surface area contributed by atoms with E-state index in [1.807, 2.05) is 6.92 Å². The third-order valence-corrected chi connectivity index (χ3v) is 3.50. The standard InChI is InChI=1S/C16H17ClN2O3/c1-2-3-4-16(22)18-13-6-5-11(9-12(13)17)19-8-7-14(20)15(21)10-19/h5-10,21H,2-4H2,1H3,(H,18,22). The Kier molecular flexibility index (Phi) is 5.22. The molecule has 0 saturated heterocycles. The molecule has 0 aliphatic heterocycles. The normalized spacial score (nSPS) is 10.5. The number of rotatable bonds is 5. The minimum absolute atomic E-state index is 0.0718. The predicted octanol–water partition coefficient (Wildman–Crippen LogP) is 3.33. The lowest BCUT2D eigenvalue weighted by Crippen LogP contribution is -2.11. The number of benzene rings is 1. The van der Waals surface area contributed by atoms with Crippen LogP contribution in [0.15, 0.2) is 41.5 Å². The highest BCUT2D eigenvalue weighted by molar-refractivity contribution is 6.33. The van der Waals surface area contributed by atoms with Crippen LogP contribution in [-0.2, 0) is 4.79 Å². The Morgan fingerprint density at radius 2 is 2.14 bits per heavy atom. The van der Waals surface area contributed by atoms with Gasteiger partial charge in [-0.3, -0.25) is 9.59 Å². The lowest BCUT2D eigenvalue weighted by atomic mass is 10.2. The molecule has 0 aliphatic rings. The number of halogens is 1. The second-order valence-electron chi connectivity index (χ2n) is 4.92. The fourth-order valence-electron chi connectivity index (χ4n) is 1.95. The zero-order chi connectivity index (χ0) is 16.1. The number of carbonyl (C=O) groups is 1. The molecule has 0 radical (unpaired) electrons. The minimum Gasteiger partial charge on any atom is -0.503 e. The Bertz CT molecular complexity index is 740. The number of carbonyl (C=O) groups excluding carboxylic acids is 1. The highest BCUT2D eigenvalue weighted by Gasteiger charge is 2.07. The van der Waals surface area contributed by atoms with Crippen LogP contribution in [0.5, 0.6) is 5.75 Å². The van der Waals surface area contributed by atoms with Crippen molar-refractivity contribution >= 4 is 23.2 Å². The molecule has 22 heavy (non-hydrogen) atoms. The predicted molar refractivity (Wildman–Crippen MR) is 86.9 cm³/mol. The van der Waals surface area contributed by atoms with Gasteiger partial charge in [-0.15, -0.1) is 0 Å². The third-order valence-electron chi connectivity index (χ3n) is 3.18. The number of pyridine rings is 1. The van der Waals surface area contributed by atoms with E-state index in [2.05, 4.69) is 5.32 Å². The number of nitrogens with zero attached hydrogens (tertiary/aromatic N) is 1. The van der Waals surface area contributed by atoms with Crippen molar-refractivity contribution in [3.05, 3.63) is 51.9 Å². The number of nitrogens with one attached hydrogen (secondary N) is 1. The van der Waals surface area contributed by atoms with Gasteiger partial charge in [-0.05, 0) is 24.6 Å². The van der Waals surface area contributed by atoms with E-state index in [4.69, 9.17) is 11.6 Å². The molecule has 0 aliphatic carbocycles. The Hall–Kier alpha value is -2.27. The van der Waals surface area contributed by atoms with Gasteiger partial charge in [0.1, 0.15) is 0 Å². The zero-order valence-electron chi connectivity index (χ0n) is 12.2. The molecule has 0 spiro atoms. The fourth-order valence-corrected chi connectivity index (χ4v) is 2.17. The first-order valence-electron chi connectivity index (χ1n) is 7.02. The quantitative estimate of drug-likeness (QED) is 0.887. The van der Waals surface area contributed by atoms with Crippen molar-refractivity contribution in [2.75, 3.05) is 5.32 Å². The summed E-state index contributed by atoms with van der Waals surface area (Å²) < 4.78 is 1.57. The molecule has 1 amide bonds. The summed E-state index contributed by atoms with van der Waals surface area (Å²) in [6, 6.07) is 6.35. The summed E-state index contributed by atoms with van der Waals surface area (Å²) in [6.07, 6.45) is 5.09. The maximum Gasteiger partial charge on any atom is 0.224 e. The van der Waals surface area contributed by atoms with E-state index in [-0.39, 0.29) is 11.7 Å². The largest absolute Gasteiger partial charge is 0.503 e. The van der Waals surface area contributed by atoms with Crippen LogP contribution in [0.25, 0.3) is 5.69 Å². The van der Waals surface area contributed by atoms with Gasteiger partial charge in [-0.2, -0.15) is 0 Å². The molecule has 1 heterocycles. The van der Waals surface area contributed by atoms with Gasteiger partial charge >= 0.3 is 0 Å². The van der Waals surface area contributed by atoms with Gasteiger partial charge in [0, 0.05) is 24.4 Å². The second-order valence-corrected chi connectivity index (χ2v) is 5.32. The molecular weight excluding hydrogens is 304 g/mol. The monoisotopic (exact) mass is 320 g/mol. The van der Waals surface area contributed by atoms with E-state index in [9.17, 15) is 14.7 Å². The summed E-state index contributed by atoms with van der Waals surface area (Å²) in [5, 5.41) is 12.6. The van der Waals surface area contributed by atoms with Crippen LogP contribution in [0.3, 0.4) is 0 Å². The molecule has 0 atom stereocenters. The summed E-state index contributed by atoms with van der Waals surface area (Å²) in [5.41, 5.74) is 0.769. The smallest absolute Gasteiger partial charge is 0.224 e. The van der Waals surface area contributed by atoms with Gasteiger partial charge in [0.2, 0.25) is 11.3 Å². The number of aromatic nitrogens is 1. The van der Waals surface area contributed by atoms with E-state index in [0.717, 1.165) is 12.8 Å². The van der Waals surface area contributed by atoms with E-state index >= 15 is 0 Å². The van der Waals surface area contributed by atoms with Crippen LogP contribution < -0.4 is 10.7 Å². The molecule has 2 N–H and O–H groups in total. The second kappa shape index (κ2) is 7.13. The topological polar surface area (TPSA) is 71.3 Å². The SMILES string of the molecule is CCCCC(=O)Nc1ccc(-n2ccc(=O)c(O)c2)cc1Cl. The molecule has 116 valence electrons. The molecule has 2 aromatic rings. The number of hydrogen-bond donors (Lipinski definition) is 2. The summed E-state index contributed by atoms with van der Waals surface area (Å²) in [6.45, 7) is 2.02. The highest BCUT2D eigenvalue weighted by atomic mass is 35.5. The average molecular weight is 321 g/mol. The molecule has 6 heteroatoms. The van der Waals surface area contributed by atoms with Crippen molar-refractivity contribution < 1.29 is 9.90 Å². The molecule has 1 aromatic heterocycles. The van der Waals surface area contributed by atoms with Crippen LogP contribution in [0.1, 0.15) is 26.2 Å². The maximum atomic E-state index is 11.7. The van der Waals surface area contributed by atoms with E-state index < -0.39 is 5.43 Å². The van der Waals surface area contributed by atoms with Gasteiger partial charge in [-0.25, -0.2) is 0 Å². The van der Waals surface area contributed by atoms with Gasteiger partial charge < -0.3 is 15.0 Å². The summed E-state index contributed by atoms with van der Waals surface area (Å²) in [4.78, 5) is 22.9. The molecule has 0 unspecified atom stereocenters. The molecular formula is C16H17ClN2O3. The van der Waals surface area contributed by atoms with Crippen molar-refractivity contribution in [3.8, 4) is 11.4 Å². The van der Waals surface area contributed by atoms with Crippen LogP contribution in [0.4, 0.5) is 5.69 Å². The molecule has 0 saturated carbocycles. The first kappa shape index (κ1) is 16.1. The van der Waals surface area contributed by atoms with Gasteiger partial charge in [0.25, 0.3) is 0 Å². The first-order valence-corrected chi connectivity index (χ1v) is 7.40. The Balaban J connectivity index is 2.20. The van der Waals surface area contributed by atoms with Crippen molar-refractivity contribution in [1.82, 2.24) is 4.57 Å². The number of amides is 1. The summed E-state index contributed by atoms with van der Waals surface area (Å²) in [5.74, 6) is -0.409. The van der Waals surface area contributed by atoms with Crippen LogP contribution in [0, 0.1) is 0 Å². The van der Waals surface area contributed by atoms with Crippen LogP contribution >= 0.6 is 11.6 Å². The first-order chi connectivity index (χ1) is 10.5. The third kappa shape index (κ3) is 3.89. The van der Waals surface area contributed by atoms with Gasteiger partial charge in [-0.1, -0.05) is 24.9 Å². The zero-order valence-corrected chi connectivity index (χ0v) is 12.9. The van der Waals surface area contributed by atoms with E-state index in [0.29, 0.717) is 22.8 Å². The van der Waals surface area contributed by atoms with E-state index in [1.54, 1.807) is 22.8 Å². The Morgan fingerprint density at radius 3 is 2.77 bits per heavy atom. The minimum atomic E-state index is -0.442. The lowest BCUT2D eigenvalue weighted by Gasteiger charge is -2.11. The van der Waals surface area contributed by atoms with Gasteiger partial charge in [0.15, 0.2) is 5.75 Å². The number of aromatic hydroxyl groups is 1. The molecule has 0 fully saturated rings. The van der Waals surface area contributed by atoms with Crippen molar-refractivity contribution in [2.24, 2.45) is 0 Å². The molecule has 5 nitrogen and oxygen atoms in total. The fraction of sp³-hybridized carbons (Fsp3) is 0.250. The van der Waals surface area contributed by atoms with Crippen molar-refractivity contribution in [3.63, 3.8) is 0 Å². The Morgan fingerprint density at radius 1 is 1.36 bits per heavy atom. The molecule has 0 bridgehead atoms. The summed E-state index contributed by atoms with van der Waals surface area (Å²) in [7, 11) is 0. The van der Waals surface area contributed by atoms with Crippen molar-refractivity contribution in [2.45, 2.75) is 26.2 Å². The van der Waals surface area contributed by atoms with Crippen molar-refractivity contribution in [1.29, 1.82) is 0 Å².